The van der Waals surface area contributed by atoms with Crippen molar-refractivity contribution in [2.45, 2.75) is 32.3 Å². The Kier molecular flexibility index (Phi) is 7.07. The number of hydrogen-bond donors (Lipinski definition) is 1. The van der Waals surface area contributed by atoms with E-state index in [4.69, 9.17) is 16.3 Å². The van der Waals surface area contributed by atoms with Crippen molar-refractivity contribution in [2.24, 2.45) is 0 Å². The van der Waals surface area contributed by atoms with E-state index in [1.54, 1.807) is 12.1 Å². The van der Waals surface area contributed by atoms with Gasteiger partial charge in [-0.2, -0.15) is 0 Å². The molecule has 0 radical (unpaired) electrons. The van der Waals surface area contributed by atoms with Crippen molar-refractivity contribution in [1.82, 2.24) is 5.32 Å². The maximum Gasteiger partial charge on any atom is 0.261 e. The fourth-order valence-electron chi connectivity index (χ4n) is 2.32. The van der Waals surface area contributed by atoms with E-state index < -0.39 is 11.9 Å². The number of carbonyl (C=O) groups excluding carboxylic acids is 1. The van der Waals surface area contributed by atoms with E-state index in [9.17, 15) is 9.18 Å². The van der Waals surface area contributed by atoms with Crippen LogP contribution in [0.15, 0.2) is 48.5 Å². The topological polar surface area (TPSA) is 38.3 Å². The summed E-state index contributed by atoms with van der Waals surface area (Å²) in [4.78, 5) is 12.2. The molecule has 2 rings (SSSR count). The largest absolute Gasteiger partial charge is 0.478 e. The zero-order valence-electron chi connectivity index (χ0n) is 13.6. The molecule has 0 bridgehead atoms. The third kappa shape index (κ3) is 5.24. The Morgan fingerprint density at radius 2 is 1.92 bits per heavy atom. The second kappa shape index (κ2) is 9.28. The average Bonchev–Trinajstić information content (AvgIpc) is 2.59. The highest BCUT2D eigenvalue weighted by Crippen LogP contribution is 2.18. The Balaban J connectivity index is 1.80. The summed E-state index contributed by atoms with van der Waals surface area (Å²) in [5.41, 5.74) is 1.06. The minimum absolute atomic E-state index is 0.0931. The first kappa shape index (κ1) is 18.3. The van der Waals surface area contributed by atoms with E-state index in [1.807, 2.05) is 31.2 Å². The van der Waals surface area contributed by atoms with E-state index in [0.717, 1.165) is 23.4 Å². The van der Waals surface area contributed by atoms with Gasteiger partial charge in [-0.3, -0.25) is 4.79 Å². The molecule has 24 heavy (non-hydrogen) atoms. The molecule has 0 aliphatic heterocycles. The summed E-state index contributed by atoms with van der Waals surface area (Å²) < 4.78 is 19.1. The molecule has 0 spiro atoms. The summed E-state index contributed by atoms with van der Waals surface area (Å²) in [6.45, 7) is 2.34. The molecule has 0 fully saturated rings. The standard InChI is InChI=1S/C19H21ClFNO2/c1-2-17(24-18-12-6-5-11-16(18)21)19(23)22-13-7-9-14-8-3-4-10-15(14)20/h3-6,8,10-12,17H,2,7,9,13H2,1H3,(H,22,23)/t17-/m0/s1. The molecular formula is C19H21ClFNO2. The van der Waals surface area contributed by atoms with Crippen LogP contribution in [0.4, 0.5) is 4.39 Å². The lowest BCUT2D eigenvalue weighted by Crippen LogP contribution is -2.38. The van der Waals surface area contributed by atoms with Crippen LogP contribution in [0.5, 0.6) is 5.75 Å². The van der Waals surface area contributed by atoms with Crippen LogP contribution in [0.1, 0.15) is 25.3 Å². The SMILES string of the molecule is CC[C@H](Oc1ccccc1F)C(=O)NCCCc1ccccc1Cl. The Labute approximate surface area is 146 Å². The number of rotatable bonds is 8. The summed E-state index contributed by atoms with van der Waals surface area (Å²) >= 11 is 6.10. The Bertz CT molecular complexity index is 678. The first-order valence-electron chi connectivity index (χ1n) is 8.04. The summed E-state index contributed by atoms with van der Waals surface area (Å²) in [5.74, 6) is -0.613. The van der Waals surface area contributed by atoms with E-state index in [-0.39, 0.29) is 11.7 Å². The van der Waals surface area contributed by atoms with Gasteiger partial charge < -0.3 is 10.1 Å². The van der Waals surface area contributed by atoms with E-state index >= 15 is 0 Å². The lowest BCUT2D eigenvalue weighted by atomic mass is 10.1. The molecule has 2 aromatic rings. The average molecular weight is 350 g/mol. The highest BCUT2D eigenvalue weighted by molar-refractivity contribution is 6.31. The molecule has 0 aliphatic carbocycles. The maximum atomic E-state index is 13.6. The van der Waals surface area contributed by atoms with Crippen LogP contribution in [0.25, 0.3) is 0 Å². The molecule has 3 nitrogen and oxygen atoms in total. The predicted molar refractivity (Wildman–Crippen MR) is 93.9 cm³/mol. The second-order valence-electron chi connectivity index (χ2n) is 5.43. The predicted octanol–water partition coefficient (Wildman–Crippen LogP) is 4.39. The molecule has 0 heterocycles. The fourth-order valence-corrected chi connectivity index (χ4v) is 2.55. The van der Waals surface area contributed by atoms with Crippen LogP contribution in [0, 0.1) is 5.82 Å². The highest BCUT2D eigenvalue weighted by Gasteiger charge is 2.19. The zero-order chi connectivity index (χ0) is 17.4. The first-order valence-corrected chi connectivity index (χ1v) is 8.42. The van der Waals surface area contributed by atoms with Crippen molar-refractivity contribution in [3.05, 3.63) is 64.9 Å². The number of hydrogen-bond acceptors (Lipinski definition) is 2. The maximum absolute atomic E-state index is 13.6. The van der Waals surface area contributed by atoms with Gasteiger partial charge in [-0.25, -0.2) is 4.39 Å². The lowest BCUT2D eigenvalue weighted by molar-refractivity contribution is -0.128. The molecule has 2 aromatic carbocycles. The van der Waals surface area contributed by atoms with Crippen molar-refractivity contribution in [1.29, 1.82) is 0 Å². The van der Waals surface area contributed by atoms with Gasteiger partial charge in [0, 0.05) is 11.6 Å². The van der Waals surface area contributed by atoms with Crippen molar-refractivity contribution in [3.63, 3.8) is 0 Å². The fraction of sp³-hybridized carbons (Fsp3) is 0.316. The van der Waals surface area contributed by atoms with Crippen molar-refractivity contribution in [2.75, 3.05) is 6.54 Å². The summed E-state index contributed by atoms with van der Waals surface area (Å²) in [5, 5.41) is 3.57. The van der Waals surface area contributed by atoms with Crippen molar-refractivity contribution >= 4 is 17.5 Å². The van der Waals surface area contributed by atoms with Crippen LogP contribution in [-0.2, 0) is 11.2 Å². The molecule has 0 aliphatic rings. The van der Waals surface area contributed by atoms with Gasteiger partial charge in [-0.15, -0.1) is 0 Å². The van der Waals surface area contributed by atoms with Crippen LogP contribution in [-0.4, -0.2) is 18.6 Å². The summed E-state index contributed by atoms with van der Waals surface area (Å²) in [6.07, 6.45) is 1.31. The number of aryl methyl sites for hydroxylation is 1. The minimum Gasteiger partial charge on any atom is -0.478 e. The first-order chi connectivity index (χ1) is 11.6. The molecule has 0 aromatic heterocycles. The highest BCUT2D eigenvalue weighted by atomic mass is 35.5. The molecule has 1 amide bonds. The quantitative estimate of drug-likeness (QED) is 0.718. The number of carbonyl (C=O) groups is 1. The Morgan fingerprint density at radius 1 is 1.21 bits per heavy atom. The number of ether oxygens (including phenoxy) is 1. The van der Waals surface area contributed by atoms with Crippen LogP contribution < -0.4 is 10.1 Å². The normalized spacial score (nSPS) is 11.8. The molecule has 5 heteroatoms. The number of amides is 1. The molecule has 0 saturated carbocycles. The number of nitrogens with one attached hydrogen (secondary N) is 1. The Hall–Kier alpha value is -2.07. The van der Waals surface area contributed by atoms with E-state index in [2.05, 4.69) is 5.32 Å². The molecule has 1 atom stereocenters. The molecule has 1 N–H and O–H groups in total. The van der Waals surface area contributed by atoms with E-state index in [0.29, 0.717) is 13.0 Å². The van der Waals surface area contributed by atoms with Gasteiger partial charge in [0.1, 0.15) is 0 Å². The van der Waals surface area contributed by atoms with Gasteiger partial charge in [-0.05, 0) is 43.0 Å². The van der Waals surface area contributed by atoms with Crippen LogP contribution >= 0.6 is 11.6 Å². The van der Waals surface area contributed by atoms with Gasteiger partial charge in [0.25, 0.3) is 5.91 Å². The van der Waals surface area contributed by atoms with Gasteiger partial charge in [-0.1, -0.05) is 48.9 Å². The third-order valence-electron chi connectivity index (χ3n) is 3.65. The number of benzene rings is 2. The summed E-state index contributed by atoms with van der Waals surface area (Å²) in [6, 6.07) is 13.7. The lowest BCUT2D eigenvalue weighted by Gasteiger charge is -2.17. The second-order valence-corrected chi connectivity index (χ2v) is 5.84. The summed E-state index contributed by atoms with van der Waals surface area (Å²) in [7, 11) is 0. The Morgan fingerprint density at radius 3 is 2.62 bits per heavy atom. The van der Waals surface area contributed by atoms with Gasteiger partial charge in [0.2, 0.25) is 0 Å². The third-order valence-corrected chi connectivity index (χ3v) is 4.02. The molecule has 128 valence electrons. The van der Waals surface area contributed by atoms with Gasteiger partial charge in [0.05, 0.1) is 0 Å². The monoisotopic (exact) mass is 349 g/mol. The van der Waals surface area contributed by atoms with Crippen LogP contribution in [0.3, 0.4) is 0 Å². The van der Waals surface area contributed by atoms with Gasteiger partial charge in [0.15, 0.2) is 17.7 Å². The van der Waals surface area contributed by atoms with Crippen molar-refractivity contribution < 1.29 is 13.9 Å². The van der Waals surface area contributed by atoms with Gasteiger partial charge >= 0.3 is 0 Å². The number of halogens is 2. The van der Waals surface area contributed by atoms with Crippen LogP contribution in [0.2, 0.25) is 5.02 Å². The van der Waals surface area contributed by atoms with Crippen molar-refractivity contribution in [3.8, 4) is 5.75 Å². The van der Waals surface area contributed by atoms with E-state index in [1.165, 1.54) is 12.1 Å². The smallest absolute Gasteiger partial charge is 0.261 e. The zero-order valence-corrected chi connectivity index (χ0v) is 14.4. The molecule has 0 unspecified atom stereocenters. The molecule has 0 saturated heterocycles. The number of para-hydroxylation sites is 1. The molecular weight excluding hydrogens is 329 g/mol. The minimum atomic E-state index is -0.706.